The molecule has 106 valence electrons. The zero-order valence-electron chi connectivity index (χ0n) is 12.1. The first-order chi connectivity index (χ1) is 9.73. The zero-order chi connectivity index (χ0) is 14.0. The van der Waals surface area contributed by atoms with Gasteiger partial charge in [0.05, 0.1) is 11.6 Å². The van der Waals surface area contributed by atoms with Crippen molar-refractivity contribution < 1.29 is 0 Å². The average molecular weight is 269 g/mol. The minimum absolute atomic E-state index is 0.215. The summed E-state index contributed by atoms with van der Waals surface area (Å²) >= 11 is 0. The minimum atomic E-state index is 0.215. The van der Waals surface area contributed by atoms with E-state index >= 15 is 0 Å². The molecule has 1 aliphatic rings. The molecule has 1 unspecified atom stereocenters. The molecule has 0 radical (unpaired) electrons. The number of nitrogens with zero attached hydrogens (tertiary/aromatic N) is 1. The summed E-state index contributed by atoms with van der Waals surface area (Å²) in [5.74, 6) is 5.90. The third-order valence-corrected chi connectivity index (χ3v) is 4.82. The second kappa shape index (κ2) is 5.51. The summed E-state index contributed by atoms with van der Waals surface area (Å²) in [6, 6.07) is 10.8. The summed E-state index contributed by atoms with van der Waals surface area (Å²) in [6.07, 6.45) is 8.30. The van der Waals surface area contributed by atoms with Gasteiger partial charge in [-0.15, -0.1) is 0 Å². The maximum absolute atomic E-state index is 5.90. The summed E-state index contributed by atoms with van der Waals surface area (Å²) in [5, 5.41) is 1.18. The Labute approximate surface area is 120 Å². The fourth-order valence-corrected chi connectivity index (χ4v) is 3.62. The van der Waals surface area contributed by atoms with Crippen molar-refractivity contribution in [1.29, 1.82) is 0 Å². The first-order valence-electron chi connectivity index (χ1n) is 7.54. The molecule has 2 aromatic rings. The molecule has 1 aromatic carbocycles. The van der Waals surface area contributed by atoms with Gasteiger partial charge in [0.2, 0.25) is 0 Å². The number of pyridine rings is 1. The monoisotopic (exact) mass is 269 g/mol. The molecule has 3 N–H and O–H groups in total. The van der Waals surface area contributed by atoms with E-state index in [0.717, 1.165) is 5.52 Å². The van der Waals surface area contributed by atoms with Crippen LogP contribution in [0.2, 0.25) is 0 Å². The van der Waals surface area contributed by atoms with Crippen molar-refractivity contribution in [3.63, 3.8) is 0 Å². The fraction of sp³-hybridized carbons (Fsp3) is 0.471. The predicted molar refractivity (Wildman–Crippen MR) is 83.0 cm³/mol. The van der Waals surface area contributed by atoms with Crippen LogP contribution in [-0.4, -0.2) is 4.98 Å². The van der Waals surface area contributed by atoms with E-state index in [1.54, 1.807) is 0 Å². The molecular formula is C17H23N3. The molecule has 0 amide bonds. The first kappa shape index (κ1) is 13.5. The first-order valence-corrected chi connectivity index (χ1v) is 7.54. The Morgan fingerprint density at radius 1 is 1.20 bits per heavy atom. The van der Waals surface area contributed by atoms with Crippen molar-refractivity contribution in [2.75, 3.05) is 0 Å². The van der Waals surface area contributed by atoms with Crippen LogP contribution in [0.5, 0.6) is 0 Å². The van der Waals surface area contributed by atoms with Crippen LogP contribution in [-0.2, 0) is 0 Å². The van der Waals surface area contributed by atoms with E-state index in [9.17, 15) is 0 Å². The maximum Gasteiger partial charge on any atom is 0.0702 e. The van der Waals surface area contributed by atoms with E-state index in [0.29, 0.717) is 0 Å². The van der Waals surface area contributed by atoms with Crippen LogP contribution in [0.3, 0.4) is 0 Å². The van der Waals surface area contributed by atoms with E-state index in [1.165, 1.54) is 43.1 Å². The Morgan fingerprint density at radius 2 is 2.00 bits per heavy atom. The van der Waals surface area contributed by atoms with Gasteiger partial charge >= 0.3 is 0 Å². The summed E-state index contributed by atoms with van der Waals surface area (Å²) in [6.45, 7) is 2.37. The van der Waals surface area contributed by atoms with Crippen molar-refractivity contribution >= 4 is 10.9 Å². The van der Waals surface area contributed by atoms with Gasteiger partial charge < -0.3 is 0 Å². The smallest absolute Gasteiger partial charge is 0.0702 e. The van der Waals surface area contributed by atoms with Gasteiger partial charge in [0.15, 0.2) is 0 Å². The standard InChI is InChI=1S/C17H23N3/c1-17(9-3-2-4-10-17)16(20-18)14-7-8-15-13(12-14)6-5-11-19-15/h5-8,11-12,16,20H,2-4,9-10,18H2,1H3. The third-order valence-electron chi connectivity index (χ3n) is 4.82. The lowest BCUT2D eigenvalue weighted by Crippen LogP contribution is -2.41. The number of hydrogen-bond donors (Lipinski definition) is 2. The number of nitrogens with two attached hydrogens (primary N) is 1. The zero-order valence-corrected chi connectivity index (χ0v) is 12.1. The summed E-state index contributed by atoms with van der Waals surface area (Å²) in [5.41, 5.74) is 5.64. The number of fused-ring (bicyclic) bond motifs is 1. The number of hydrazine groups is 1. The molecule has 0 spiro atoms. The highest BCUT2D eigenvalue weighted by Gasteiger charge is 2.35. The highest BCUT2D eigenvalue weighted by molar-refractivity contribution is 5.79. The molecule has 3 heteroatoms. The van der Waals surface area contributed by atoms with Crippen LogP contribution < -0.4 is 11.3 Å². The molecule has 1 saturated carbocycles. The van der Waals surface area contributed by atoms with Crippen LogP contribution in [0.25, 0.3) is 10.9 Å². The van der Waals surface area contributed by atoms with Crippen LogP contribution >= 0.6 is 0 Å². The van der Waals surface area contributed by atoms with Crippen LogP contribution in [0.1, 0.15) is 50.6 Å². The number of aromatic nitrogens is 1. The van der Waals surface area contributed by atoms with Crippen molar-refractivity contribution in [3.8, 4) is 0 Å². The van der Waals surface area contributed by atoms with E-state index in [-0.39, 0.29) is 11.5 Å². The SMILES string of the molecule is CC1(C(NN)c2ccc3ncccc3c2)CCCCC1. The molecule has 1 fully saturated rings. The Bertz CT molecular complexity index is 588. The third kappa shape index (κ3) is 2.43. The molecule has 0 aliphatic heterocycles. The van der Waals surface area contributed by atoms with Gasteiger partial charge in [-0.2, -0.15) is 0 Å². The topological polar surface area (TPSA) is 50.9 Å². The largest absolute Gasteiger partial charge is 0.271 e. The predicted octanol–water partition coefficient (Wildman–Crippen LogP) is 3.71. The van der Waals surface area contributed by atoms with Gasteiger partial charge in [0, 0.05) is 11.6 Å². The lowest BCUT2D eigenvalue weighted by molar-refractivity contribution is 0.145. The van der Waals surface area contributed by atoms with E-state index in [1.807, 2.05) is 12.3 Å². The highest BCUT2D eigenvalue weighted by Crippen LogP contribution is 2.45. The lowest BCUT2D eigenvalue weighted by Gasteiger charge is -2.40. The second-order valence-electron chi connectivity index (χ2n) is 6.27. The minimum Gasteiger partial charge on any atom is -0.271 e. The van der Waals surface area contributed by atoms with Gasteiger partial charge in [-0.1, -0.05) is 38.3 Å². The summed E-state index contributed by atoms with van der Waals surface area (Å²) < 4.78 is 0. The molecule has 3 nitrogen and oxygen atoms in total. The van der Waals surface area contributed by atoms with Crippen LogP contribution in [0.4, 0.5) is 0 Å². The van der Waals surface area contributed by atoms with Gasteiger partial charge in [-0.25, -0.2) is 0 Å². The van der Waals surface area contributed by atoms with Gasteiger partial charge in [0.1, 0.15) is 0 Å². The lowest BCUT2D eigenvalue weighted by atomic mass is 9.69. The van der Waals surface area contributed by atoms with Crippen molar-refractivity contribution in [3.05, 3.63) is 42.1 Å². The molecule has 1 atom stereocenters. The van der Waals surface area contributed by atoms with Crippen molar-refractivity contribution in [2.45, 2.75) is 45.1 Å². The Kier molecular flexibility index (Phi) is 3.72. The van der Waals surface area contributed by atoms with E-state index in [4.69, 9.17) is 5.84 Å². The van der Waals surface area contributed by atoms with Gasteiger partial charge in [0.25, 0.3) is 0 Å². The average Bonchev–Trinajstić information content (AvgIpc) is 2.48. The molecule has 1 aromatic heterocycles. The quantitative estimate of drug-likeness (QED) is 0.659. The Morgan fingerprint density at radius 3 is 2.75 bits per heavy atom. The Balaban J connectivity index is 1.98. The number of nitrogens with one attached hydrogen (secondary N) is 1. The van der Waals surface area contributed by atoms with Crippen molar-refractivity contribution in [2.24, 2.45) is 11.3 Å². The molecule has 20 heavy (non-hydrogen) atoms. The van der Waals surface area contributed by atoms with E-state index < -0.39 is 0 Å². The van der Waals surface area contributed by atoms with Gasteiger partial charge in [-0.3, -0.25) is 16.3 Å². The van der Waals surface area contributed by atoms with Gasteiger partial charge in [-0.05, 0) is 42.0 Å². The second-order valence-corrected chi connectivity index (χ2v) is 6.27. The summed E-state index contributed by atoms with van der Waals surface area (Å²) in [7, 11) is 0. The normalized spacial score (nSPS) is 19.9. The number of hydrogen-bond acceptors (Lipinski definition) is 3. The molecule has 1 heterocycles. The molecule has 3 rings (SSSR count). The Hall–Kier alpha value is -1.45. The van der Waals surface area contributed by atoms with Crippen molar-refractivity contribution in [1.82, 2.24) is 10.4 Å². The molecular weight excluding hydrogens is 246 g/mol. The summed E-state index contributed by atoms with van der Waals surface area (Å²) in [4.78, 5) is 4.39. The number of benzene rings is 1. The number of rotatable bonds is 3. The molecule has 0 bridgehead atoms. The van der Waals surface area contributed by atoms with Crippen LogP contribution in [0, 0.1) is 5.41 Å². The maximum atomic E-state index is 5.90. The molecule has 0 saturated heterocycles. The molecule has 1 aliphatic carbocycles. The fourth-order valence-electron chi connectivity index (χ4n) is 3.62. The van der Waals surface area contributed by atoms with Crippen LogP contribution in [0.15, 0.2) is 36.5 Å². The van der Waals surface area contributed by atoms with E-state index in [2.05, 4.69) is 41.6 Å². The highest BCUT2D eigenvalue weighted by atomic mass is 15.2.